The summed E-state index contributed by atoms with van der Waals surface area (Å²) >= 11 is 0. The average Bonchev–Trinajstić information content (AvgIpc) is 3.07. The lowest BCUT2D eigenvalue weighted by molar-refractivity contribution is -0.543. The number of allylic oxidation sites excluding steroid dienone is 1. The molecule has 0 amide bonds. The minimum absolute atomic E-state index is 0.146. The largest absolute Gasteiger partial charge is 0.461 e. The molecule has 0 spiro atoms. The van der Waals surface area contributed by atoms with Crippen molar-refractivity contribution in [3.05, 3.63) is 42.0 Å². The maximum absolute atomic E-state index is 12.6. The molecule has 0 saturated carbocycles. The Labute approximate surface area is 130 Å². The molecule has 0 saturated heterocycles. The molecule has 0 aromatic heterocycles. The van der Waals surface area contributed by atoms with Gasteiger partial charge in [-0.1, -0.05) is 36.4 Å². The van der Waals surface area contributed by atoms with Crippen LogP contribution in [0.2, 0.25) is 0 Å². The van der Waals surface area contributed by atoms with E-state index in [2.05, 4.69) is 6.08 Å². The van der Waals surface area contributed by atoms with Crippen LogP contribution in [0.3, 0.4) is 0 Å². The van der Waals surface area contributed by atoms with Gasteiger partial charge in [-0.2, -0.15) is 0 Å². The number of Topliss-reactive ketones (excluding diaryl/α,β-unsaturated/α-hetero) is 1. The Morgan fingerprint density at radius 1 is 1.36 bits per heavy atom. The second-order valence-electron chi connectivity index (χ2n) is 5.77. The average molecular weight is 298 g/mol. The fraction of sp³-hybridized carbons (Fsp3) is 0.389. The Balaban J connectivity index is 1.76. The van der Waals surface area contributed by atoms with Crippen molar-refractivity contribution in [2.24, 2.45) is 11.8 Å². The molecule has 1 unspecified atom stereocenters. The summed E-state index contributed by atoms with van der Waals surface area (Å²) in [7, 11) is 0. The highest BCUT2D eigenvalue weighted by Crippen LogP contribution is 2.35. The fourth-order valence-corrected chi connectivity index (χ4v) is 3.17. The lowest BCUT2D eigenvalue weighted by Crippen LogP contribution is -2.33. The predicted molar refractivity (Wildman–Crippen MR) is 83.7 cm³/mol. The fourth-order valence-electron chi connectivity index (χ4n) is 3.17. The number of carbonyl (C=O) groups is 2. The van der Waals surface area contributed by atoms with Crippen molar-refractivity contribution in [1.29, 1.82) is 0 Å². The molecule has 0 N–H and O–H groups in total. The van der Waals surface area contributed by atoms with E-state index in [-0.39, 0.29) is 29.6 Å². The van der Waals surface area contributed by atoms with Crippen LogP contribution in [0.5, 0.6) is 0 Å². The van der Waals surface area contributed by atoms with E-state index in [0.717, 1.165) is 11.1 Å². The van der Waals surface area contributed by atoms with Crippen molar-refractivity contribution >= 4 is 23.5 Å². The summed E-state index contributed by atoms with van der Waals surface area (Å²) in [6.45, 7) is 4.68. The number of rotatable bonds is 4. The molecule has 1 aliphatic heterocycles. The molecule has 0 radical (unpaired) electrons. The van der Waals surface area contributed by atoms with Gasteiger partial charge in [0.2, 0.25) is 6.04 Å². The lowest BCUT2D eigenvalue weighted by atomic mass is 9.97. The molecule has 2 aliphatic rings. The standard InChI is InChI=1S/C18H20NO3/c1-3-22-18(21)12(2)19-10-14-9-15(17(20)16(14)11-19)13-7-5-4-6-8-13/h4-9,11-12,14,16H,3,10H2,1-2H3/q+1/t12?,14-,16+/m1/s1. The lowest BCUT2D eigenvalue weighted by Gasteiger charge is -2.08. The van der Waals surface area contributed by atoms with Crippen LogP contribution in [0.15, 0.2) is 36.4 Å². The number of ether oxygens (including phenoxy) is 1. The first kappa shape index (κ1) is 14.7. The molecule has 0 bridgehead atoms. The summed E-state index contributed by atoms with van der Waals surface area (Å²) in [4.78, 5) is 24.4. The second-order valence-corrected chi connectivity index (χ2v) is 5.77. The van der Waals surface area contributed by atoms with Gasteiger partial charge < -0.3 is 4.74 Å². The van der Waals surface area contributed by atoms with Gasteiger partial charge in [-0.15, -0.1) is 0 Å². The Hall–Kier alpha value is -2.23. The van der Waals surface area contributed by atoms with Crippen molar-refractivity contribution in [3.63, 3.8) is 0 Å². The van der Waals surface area contributed by atoms with Gasteiger partial charge in [-0.3, -0.25) is 4.79 Å². The van der Waals surface area contributed by atoms with E-state index in [1.807, 2.05) is 48.0 Å². The van der Waals surface area contributed by atoms with Crippen molar-refractivity contribution < 1.29 is 18.9 Å². The molecule has 3 atom stereocenters. The minimum atomic E-state index is -0.341. The van der Waals surface area contributed by atoms with Gasteiger partial charge in [0, 0.05) is 12.5 Å². The highest BCUT2D eigenvalue weighted by atomic mass is 16.5. The number of fused-ring (bicyclic) bond motifs is 1. The molecular weight excluding hydrogens is 278 g/mol. The van der Waals surface area contributed by atoms with Gasteiger partial charge >= 0.3 is 5.97 Å². The molecular formula is C18H20NO3+. The number of esters is 1. The van der Waals surface area contributed by atoms with E-state index in [4.69, 9.17) is 4.74 Å². The second kappa shape index (κ2) is 5.87. The van der Waals surface area contributed by atoms with E-state index in [9.17, 15) is 9.59 Å². The molecule has 4 nitrogen and oxygen atoms in total. The number of hydrogen-bond acceptors (Lipinski definition) is 3. The molecule has 1 aliphatic carbocycles. The summed E-state index contributed by atoms with van der Waals surface area (Å²) in [5.74, 6) is -0.0835. The maximum atomic E-state index is 12.6. The first-order chi connectivity index (χ1) is 10.6. The van der Waals surface area contributed by atoms with Crippen LogP contribution in [-0.4, -0.2) is 41.7 Å². The molecule has 1 aromatic carbocycles. The van der Waals surface area contributed by atoms with E-state index in [1.54, 1.807) is 6.92 Å². The minimum Gasteiger partial charge on any atom is -0.461 e. The van der Waals surface area contributed by atoms with E-state index >= 15 is 0 Å². The summed E-state index contributed by atoms with van der Waals surface area (Å²) in [6.07, 6.45) is 3.96. The Morgan fingerprint density at radius 3 is 2.73 bits per heavy atom. The first-order valence-corrected chi connectivity index (χ1v) is 7.70. The zero-order valence-electron chi connectivity index (χ0n) is 12.9. The molecule has 1 heterocycles. The number of carbonyl (C=O) groups excluding carboxylic acids is 2. The maximum Gasteiger partial charge on any atom is 0.375 e. The van der Waals surface area contributed by atoms with Crippen molar-refractivity contribution in [2.45, 2.75) is 19.9 Å². The summed E-state index contributed by atoms with van der Waals surface area (Å²) in [6, 6.07) is 9.41. The van der Waals surface area contributed by atoms with Gasteiger partial charge in [0.05, 0.1) is 12.5 Å². The zero-order valence-corrected chi connectivity index (χ0v) is 12.9. The Bertz CT molecular complexity index is 660. The van der Waals surface area contributed by atoms with Gasteiger partial charge in [0.15, 0.2) is 18.5 Å². The zero-order chi connectivity index (χ0) is 15.7. The van der Waals surface area contributed by atoms with Crippen LogP contribution < -0.4 is 0 Å². The summed E-state index contributed by atoms with van der Waals surface area (Å²) in [5, 5.41) is 0. The van der Waals surface area contributed by atoms with Crippen molar-refractivity contribution in [3.8, 4) is 0 Å². The van der Waals surface area contributed by atoms with Crippen LogP contribution in [0, 0.1) is 11.8 Å². The number of ketones is 1. The van der Waals surface area contributed by atoms with Crippen molar-refractivity contribution in [2.75, 3.05) is 13.2 Å². The highest BCUT2D eigenvalue weighted by Gasteiger charge is 2.46. The summed E-state index contributed by atoms with van der Waals surface area (Å²) in [5.41, 5.74) is 1.77. The van der Waals surface area contributed by atoms with Gasteiger partial charge in [0.1, 0.15) is 5.92 Å². The Morgan fingerprint density at radius 2 is 2.09 bits per heavy atom. The molecule has 0 fully saturated rings. The number of nitrogens with zero attached hydrogens (tertiary/aromatic N) is 1. The van der Waals surface area contributed by atoms with Gasteiger partial charge in [0.25, 0.3) is 0 Å². The molecule has 3 rings (SSSR count). The quantitative estimate of drug-likeness (QED) is 0.630. The van der Waals surface area contributed by atoms with Crippen LogP contribution >= 0.6 is 0 Å². The SMILES string of the molecule is CCOC(=O)C(C)[N+]1=C[C@@H]2C(=O)C(c3ccccc3)=C[C@@H]2C1. The smallest absolute Gasteiger partial charge is 0.375 e. The monoisotopic (exact) mass is 298 g/mol. The predicted octanol–water partition coefficient (Wildman–Crippen LogP) is 1.93. The third kappa shape index (κ3) is 2.49. The molecule has 1 aromatic rings. The van der Waals surface area contributed by atoms with Crippen LogP contribution in [-0.2, 0) is 14.3 Å². The third-order valence-electron chi connectivity index (χ3n) is 4.39. The Kier molecular flexibility index (Phi) is 3.92. The number of benzene rings is 1. The first-order valence-electron chi connectivity index (χ1n) is 7.70. The topological polar surface area (TPSA) is 46.4 Å². The van der Waals surface area contributed by atoms with Gasteiger partial charge in [-0.25, -0.2) is 9.37 Å². The van der Waals surface area contributed by atoms with E-state index in [1.165, 1.54) is 0 Å². The van der Waals surface area contributed by atoms with Crippen LogP contribution in [0.4, 0.5) is 0 Å². The van der Waals surface area contributed by atoms with Crippen LogP contribution in [0.25, 0.3) is 5.57 Å². The highest BCUT2D eigenvalue weighted by molar-refractivity contribution is 6.28. The molecule has 4 heteroatoms. The van der Waals surface area contributed by atoms with Gasteiger partial charge in [-0.05, 0) is 12.5 Å². The normalized spacial score (nSPS) is 24.5. The summed E-state index contributed by atoms with van der Waals surface area (Å²) < 4.78 is 6.99. The third-order valence-corrected chi connectivity index (χ3v) is 4.39. The van der Waals surface area contributed by atoms with E-state index in [0.29, 0.717) is 13.2 Å². The van der Waals surface area contributed by atoms with Crippen LogP contribution in [0.1, 0.15) is 19.4 Å². The number of hydrogen-bond donors (Lipinski definition) is 0. The molecule has 114 valence electrons. The van der Waals surface area contributed by atoms with E-state index < -0.39 is 0 Å². The molecule has 22 heavy (non-hydrogen) atoms. The van der Waals surface area contributed by atoms with Crippen molar-refractivity contribution in [1.82, 2.24) is 0 Å².